The van der Waals surface area contributed by atoms with Crippen LogP contribution in [0, 0.1) is 0 Å². The van der Waals surface area contributed by atoms with Crippen LogP contribution in [0.2, 0.25) is 0 Å². The maximum Gasteiger partial charge on any atom is 0.0664 e. The maximum absolute atomic E-state index is 4.17. The first kappa shape index (κ1) is 10.8. The molecule has 0 aromatic carbocycles. The molecule has 0 saturated heterocycles. The Kier molecular flexibility index (Phi) is 3.22. The summed E-state index contributed by atoms with van der Waals surface area (Å²) in [6, 6.07) is 3.61. The van der Waals surface area contributed by atoms with Crippen LogP contribution in [-0.2, 0) is 12.8 Å². The van der Waals surface area contributed by atoms with Crippen LogP contribution in [0.25, 0.3) is 0 Å². The third-order valence-corrected chi connectivity index (χ3v) is 3.14. The Morgan fingerprint density at radius 2 is 2.07 bits per heavy atom. The van der Waals surface area contributed by atoms with Crippen LogP contribution in [0.3, 0.4) is 0 Å². The lowest BCUT2D eigenvalue weighted by molar-refractivity contribution is 0.449. The van der Waals surface area contributed by atoms with Gasteiger partial charge in [0.15, 0.2) is 0 Å². The minimum Gasteiger partial charge on any atom is -0.311 e. The van der Waals surface area contributed by atoms with Crippen LogP contribution < -0.4 is 5.32 Å². The van der Waals surface area contributed by atoms with Crippen molar-refractivity contribution in [2.24, 2.45) is 0 Å². The van der Waals surface area contributed by atoms with E-state index < -0.39 is 0 Å². The highest BCUT2D eigenvalue weighted by Crippen LogP contribution is 2.24. The Morgan fingerprint density at radius 1 is 1.20 bits per heavy atom. The molecule has 0 amide bonds. The molecule has 1 heterocycles. The first-order valence-electron chi connectivity index (χ1n) is 5.47. The van der Waals surface area contributed by atoms with Crippen molar-refractivity contribution in [2.45, 2.75) is 44.2 Å². The molecule has 0 radical (unpaired) electrons. The van der Waals surface area contributed by atoms with Gasteiger partial charge in [0.2, 0.25) is 0 Å². The van der Waals surface area contributed by atoms with Gasteiger partial charge < -0.3 is 5.32 Å². The lowest BCUT2D eigenvalue weighted by atomic mass is 9.92. The van der Waals surface area contributed by atoms with Crippen LogP contribution in [0.15, 0.2) is 12.3 Å². The second-order valence-corrected chi connectivity index (χ2v) is 4.38. The lowest BCUT2D eigenvalue weighted by Crippen LogP contribution is -2.36. The smallest absolute Gasteiger partial charge is 0.0664 e. The molecule has 1 saturated carbocycles. The lowest BCUT2D eigenvalue weighted by Gasteiger charge is -2.24. The summed E-state index contributed by atoms with van der Waals surface area (Å²) < 4.78 is 0. The SMILES string of the molecule is Cl.c1cc2c(nn1)CCC(NC1CC1)C2. The molecule has 1 fully saturated rings. The topological polar surface area (TPSA) is 37.8 Å². The van der Waals surface area contributed by atoms with Crippen molar-refractivity contribution in [3.8, 4) is 0 Å². The second-order valence-electron chi connectivity index (χ2n) is 4.38. The van der Waals surface area contributed by atoms with Gasteiger partial charge >= 0.3 is 0 Å². The number of nitrogens with one attached hydrogen (secondary N) is 1. The fourth-order valence-corrected chi connectivity index (χ4v) is 2.19. The Bertz CT molecular complexity index is 338. The Hall–Kier alpha value is -0.670. The molecule has 2 aliphatic rings. The largest absolute Gasteiger partial charge is 0.311 e. The molecule has 0 bridgehead atoms. The average molecular weight is 226 g/mol. The number of rotatable bonds is 2. The second kappa shape index (κ2) is 4.45. The van der Waals surface area contributed by atoms with Crippen LogP contribution in [0.4, 0.5) is 0 Å². The van der Waals surface area contributed by atoms with Crippen LogP contribution in [0.5, 0.6) is 0 Å². The first-order valence-corrected chi connectivity index (χ1v) is 5.47. The van der Waals surface area contributed by atoms with Gasteiger partial charge in [0.25, 0.3) is 0 Å². The van der Waals surface area contributed by atoms with Gasteiger partial charge in [-0.25, -0.2) is 0 Å². The number of aryl methyl sites for hydroxylation is 1. The summed E-state index contributed by atoms with van der Waals surface area (Å²) in [5.41, 5.74) is 2.60. The fraction of sp³-hybridized carbons (Fsp3) is 0.636. The summed E-state index contributed by atoms with van der Waals surface area (Å²) >= 11 is 0. The van der Waals surface area contributed by atoms with E-state index in [2.05, 4.69) is 21.6 Å². The number of hydrogen-bond acceptors (Lipinski definition) is 3. The molecule has 1 aromatic heterocycles. The van der Waals surface area contributed by atoms with E-state index in [-0.39, 0.29) is 12.4 Å². The molecule has 3 rings (SSSR count). The number of aromatic nitrogens is 2. The minimum atomic E-state index is 0. The van der Waals surface area contributed by atoms with E-state index in [0.717, 1.165) is 18.9 Å². The Morgan fingerprint density at radius 3 is 2.87 bits per heavy atom. The van der Waals surface area contributed by atoms with E-state index in [1.807, 2.05) is 0 Å². The molecule has 82 valence electrons. The fourth-order valence-electron chi connectivity index (χ4n) is 2.19. The van der Waals surface area contributed by atoms with Crippen LogP contribution in [-0.4, -0.2) is 22.3 Å². The van der Waals surface area contributed by atoms with E-state index in [4.69, 9.17) is 0 Å². The third-order valence-electron chi connectivity index (χ3n) is 3.14. The molecule has 0 aliphatic heterocycles. The van der Waals surface area contributed by atoms with Gasteiger partial charge in [0.1, 0.15) is 0 Å². The molecule has 3 nitrogen and oxygen atoms in total. The summed E-state index contributed by atoms with van der Waals surface area (Å²) in [5, 5.41) is 11.8. The predicted molar refractivity (Wildman–Crippen MR) is 61.3 cm³/mol. The van der Waals surface area contributed by atoms with E-state index in [9.17, 15) is 0 Å². The summed E-state index contributed by atoms with van der Waals surface area (Å²) in [4.78, 5) is 0. The van der Waals surface area contributed by atoms with Gasteiger partial charge in [-0.15, -0.1) is 12.4 Å². The zero-order chi connectivity index (χ0) is 9.38. The van der Waals surface area contributed by atoms with Gasteiger partial charge in [-0.05, 0) is 43.7 Å². The summed E-state index contributed by atoms with van der Waals surface area (Å²) in [7, 11) is 0. The van der Waals surface area contributed by atoms with Crippen molar-refractivity contribution in [1.82, 2.24) is 15.5 Å². The number of nitrogens with zero attached hydrogens (tertiary/aromatic N) is 2. The predicted octanol–water partition coefficient (Wildman–Crippen LogP) is 1.51. The monoisotopic (exact) mass is 225 g/mol. The van der Waals surface area contributed by atoms with E-state index in [0.29, 0.717) is 6.04 Å². The molecule has 15 heavy (non-hydrogen) atoms. The zero-order valence-corrected chi connectivity index (χ0v) is 9.46. The molecule has 0 spiro atoms. The molecule has 1 atom stereocenters. The van der Waals surface area contributed by atoms with Gasteiger partial charge in [0, 0.05) is 18.3 Å². The van der Waals surface area contributed by atoms with Crippen LogP contribution in [0.1, 0.15) is 30.5 Å². The standard InChI is InChI=1S/C11H15N3.ClH/c1-2-9(1)13-10-3-4-11-8(7-10)5-6-12-14-11;/h5-6,9-10,13H,1-4,7H2;1H. The molecule has 4 heteroatoms. The molecule has 1 N–H and O–H groups in total. The van der Waals surface area contributed by atoms with Gasteiger partial charge in [-0.1, -0.05) is 0 Å². The summed E-state index contributed by atoms with van der Waals surface area (Å²) in [5.74, 6) is 0. The molecule has 2 aliphatic carbocycles. The van der Waals surface area contributed by atoms with Crippen molar-refractivity contribution in [3.05, 3.63) is 23.5 Å². The van der Waals surface area contributed by atoms with Crippen molar-refractivity contribution < 1.29 is 0 Å². The number of fused-ring (bicyclic) bond motifs is 1. The normalized spacial score (nSPS) is 24.1. The average Bonchev–Trinajstić information content (AvgIpc) is 3.02. The van der Waals surface area contributed by atoms with Crippen molar-refractivity contribution in [2.75, 3.05) is 0 Å². The van der Waals surface area contributed by atoms with Gasteiger partial charge in [-0.2, -0.15) is 10.2 Å². The number of hydrogen-bond donors (Lipinski definition) is 1. The quantitative estimate of drug-likeness (QED) is 0.829. The van der Waals surface area contributed by atoms with Crippen molar-refractivity contribution >= 4 is 12.4 Å². The first-order chi connectivity index (χ1) is 6.92. The minimum absolute atomic E-state index is 0. The summed E-state index contributed by atoms with van der Waals surface area (Å²) in [6.45, 7) is 0. The van der Waals surface area contributed by atoms with Crippen molar-refractivity contribution in [3.63, 3.8) is 0 Å². The molecule has 1 unspecified atom stereocenters. The molecular weight excluding hydrogens is 210 g/mol. The van der Waals surface area contributed by atoms with Gasteiger partial charge in [-0.3, -0.25) is 0 Å². The van der Waals surface area contributed by atoms with E-state index >= 15 is 0 Å². The van der Waals surface area contributed by atoms with Crippen LogP contribution >= 0.6 is 12.4 Å². The van der Waals surface area contributed by atoms with Crippen molar-refractivity contribution in [1.29, 1.82) is 0 Å². The highest BCUT2D eigenvalue weighted by Gasteiger charge is 2.27. The maximum atomic E-state index is 4.17. The Balaban J connectivity index is 0.000000853. The zero-order valence-electron chi connectivity index (χ0n) is 8.65. The number of halogens is 1. The van der Waals surface area contributed by atoms with E-state index in [1.54, 1.807) is 6.20 Å². The Labute approximate surface area is 96.1 Å². The summed E-state index contributed by atoms with van der Waals surface area (Å²) in [6.07, 6.45) is 8.01. The highest BCUT2D eigenvalue weighted by atomic mass is 35.5. The van der Waals surface area contributed by atoms with E-state index in [1.165, 1.54) is 30.5 Å². The van der Waals surface area contributed by atoms with Gasteiger partial charge in [0.05, 0.1) is 5.69 Å². The molecular formula is C11H16ClN3. The molecule has 1 aromatic rings. The third kappa shape index (κ3) is 2.47. The highest BCUT2D eigenvalue weighted by molar-refractivity contribution is 5.85.